The van der Waals surface area contributed by atoms with E-state index in [9.17, 15) is 13.2 Å². The molecule has 0 fully saturated rings. The Hall–Kier alpha value is -2.36. The molecule has 160 valence electrons. The summed E-state index contributed by atoms with van der Waals surface area (Å²) in [6.07, 6.45) is 0.985. The Morgan fingerprint density at radius 2 is 1.73 bits per heavy atom. The van der Waals surface area contributed by atoms with Crippen LogP contribution in [0.1, 0.15) is 18.1 Å². The van der Waals surface area contributed by atoms with Gasteiger partial charge in [0.2, 0.25) is 15.9 Å². The standard InChI is InChI=1S/C21H25N3O4S2/c1-5-15-6-8-16(9-7-15)13-24(4)20(25)14-29-21-22-18-12-17(10-11-19(18)28-21)30(26,27)23(2)3/h6-12H,5,13-14H2,1-4H3. The zero-order chi connectivity index (χ0) is 21.9. The van der Waals surface area contributed by atoms with Gasteiger partial charge in [-0.3, -0.25) is 4.79 Å². The van der Waals surface area contributed by atoms with Crippen molar-refractivity contribution in [2.75, 3.05) is 26.9 Å². The zero-order valence-corrected chi connectivity index (χ0v) is 19.1. The zero-order valence-electron chi connectivity index (χ0n) is 17.5. The number of fused-ring (bicyclic) bond motifs is 1. The molecule has 3 aromatic rings. The van der Waals surface area contributed by atoms with Crippen molar-refractivity contribution in [1.29, 1.82) is 0 Å². The summed E-state index contributed by atoms with van der Waals surface area (Å²) in [7, 11) is 1.17. The summed E-state index contributed by atoms with van der Waals surface area (Å²) in [5.74, 6) is 0.136. The first-order valence-electron chi connectivity index (χ1n) is 9.48. The topological polar surface area (TPSA) is 83.7 Å². The number of rotatable bonds is 8. The van der Waals surface area contributed by atoms with Crippen molar-refractivity contribution < 1.29 is 17.6 Å². The van der Waals surface area contributed by atoms with Crippen molar-refractivity contribution >= 4 is 38.8 Å². The van der Waals surface area contributed by atoms with Gasteiger partial charge in [-0.25, -0.2) is 17.7 Å². The Morgan fingerprint density at radius 1 is 1.07 bits per heavy atom. The summed E-state index contributed by atoms with van der Waals surface area (Å²) in [6, 6.07) is 12.8. The third kappa shape index (κ3) is 5.03. The number of amides is 1. The molecule has 1 heterocycles. The second-order valence-electron chi connectivity index (χ2n) is 7.11. The third-order valence-electron chi connectivity index (χ3n) is 4.71. The first-order chi connectivity index (χ1) is 14.2. The van der Waals surface area contributed by atoms with Crippen molar-refractivity contribution in [2.45, 2.75) is 30.0 Å². The minimum atomic E-state index is -3.55. The third-order valence-corrected chi connectivity index (χ3v) is 7.34. The number of sulfonamides is 1. The largest absolute Gasteiger partial charge is 0.431 e. The van der Waals surface area contributed by atoms with Crippen molar-refractivity contribution in [1.82, 2.24) is 14.2 Å². The van der Waals surface area contributed by atoms with E-state index in [2.05, 4.69) is 24.0 Å². The van der Waals surface area contributed by atoms with E-state index >= 15 is 0 Å². The molecule has 0 radical (unpaired) electrons. The van der Waals surface area contributed by atoms with E-state index in [0.717, 1.165) is 16.3 Å². The predicted molar refractivity (Wildman–Crippen MR) is 118 cm³/mol. The smallest absolute Gasteiger partial charge is 0.257 e. The summed E-state index contributed by atoms with van der Waals surface area (Å²) in [5.41, 5.74) is 3.26. The molecular formula is C21H25N3O4S2. The molecule has 0 aliphatic carbocycles. The summed E-state index contributed by atoms with van der Waals surface area (Å²) < 4.78 is 31.3. The second-order valence-corrected chi connectivity index (χ2v) is 10.2. The number of carbonyl (C=O) groups is 1. The molecule has 0 saturated carbocycles. The number of carbonyl (C=O) groups excluding carboxylic acids is 1. The first kappa shape index (κ1) is 22.3. The lowest BCUT2D eigenvalue weighted by Crippen LogP contribution is -2.27. The summed E-state index contributed by atoms with van der Waals surface area (Å²) in [5, 5.41) is 0.332. The van der Waals surface area contributed by atoms with Crippen molar-refractivity contribution in [3.05, 3.63) is 53.6 Å². The average Bonchev–Trinajstić information content (AvgIpc) is 3.14. The second kappa shape index (κ2) is 9.20. The number of oxazole rings is 1. The fourth-order valence-corrected chi connectivity index (χ4v) is 4.50. The van der Waals surface area contributed by atoms with Gasteiger partial charge in [0.15, 0.2) is 5.58 Å². The lowest BCUT2D eigenvalue weighted by atomic mass is 10.1. The van der Waals surface area contributed by atoms with Crippen LogP contribution in [-0.2, 0) is 27.8 Å². The van der Waals surface area contributed by atoms with Crippen molar-refractivity contribution in [3.8, 4) is 0 Å². The van der Waals surface area contributed by atoms with Gasteiger partial charge in [0.05, 0.1) is 10.6 Å². The monoisotopic (exact) mass is 447 g/mol. The molecule has 0 atom stereocenters. The van der Waals surface area contributed by atoms with Gasteiger partial charge in [-0.2, -0.15) is 0 Å². The highest BCUT2D eigenvalue weighted by atomic mass is 32.2. The molecule has 0 saturated heterocycles. The highest BCUT2D eigenvalue weighted by molar-refractivity contribution is 7.99. The van der Waals surface area contributed by atoms with Crippen LogP contribution < -0.4 is 0 Å². The number of aryl methyl sites for hydroxylation is 1. The van der Waals surface area contributed by atoms with Crippen molar-refractivity contribution in [2.24, 2.45) is 0 Å². The van der Waals surface area contributed by atoms with Gasteiger partial charge < -0.3 is 9.32 Å². The summed E-state index contributed by atoms with van der Waals surface area (Å²) in [4.78, 5) is 18.6. The number of nitrogens with zero attached hydrogens (tertiary/aromatic N) is 3. The van der Waals surface area contributed by atoms with E-state index in [0.29, 0.717) is 22.9 Å². The van der Waals surface area contributed by atoms with Crippen LogP contribution in [-0.4, -0.2) is 55.4 Å². The number of hydrogen-bond acceptors (Lipinski definition) is 6. The Morgan fingerprint density at radius 3 is 2.37 bits per heavy atom. The Bertz CT molecular complexity index is 1140. The van der Waals surface area contributed by atoms with E-state index < -0.39 is 10.0 Å². The van der Waals surface area contributed by atoms with Crippen LogP contribution in [0.2, 0.25) is 0 Å². The summed E-state index contributed by atoms with van der Waals surface area (Å²) in [6.45, 7) is 2.64. The molecule has 7 nitrogen and oxygen atoms in total. The van der Waals surface area contributed by atoms with Gasteiger partial charge in [-0.1, -0.05) is 43.0 Å². The molecule has 3 rings (SSSR count). The highest BCUT2D eigenvalue weighted by Gasteiger charge is 2.19. The fraction of sp³-hybridized carbons (Fsp3) is 0.333. The van der Waals surface area contributed by atoms with Gasteiger partial charge in [-0.15, -0.1) is 0 Å². The van der Waals surface area contributed by atoms with Gasteiger partial charge in [0.25, 0.3) is 5.22 Å². The Labute approximate surface area is 181 Å². The van der Waals surface area contributed by atoms with E-state index in [1.165, 1.54) is 43.6 Å². The van der Waals surface area contributed by atoms with Crippen LogP contribution >= 0.6 is 11.8 Å². The molecule has 0 unspecified atom stereocenters. The van der Waals surface area contributed by atoms with Crippen LogP contribution in [0.4, 0.5) is 0 Å². The maximum atomic E-state index is 12.5. The highest BCUT2D eigenvalue weighted by Crippen LogP contribution is 2.26. The van der Waals surface area contributed by atoms with Crippen LogP contribution in [0.5, 0.6) is 0 Å². The molecule has 30 heavy (non-hydrogen) atoms. The van der Waals surface area contributed by atoms with Crippen LogP contribution in [0.15, 0.2) is 57.0 Å². The molecule has 9 heteroatoms. The Balaban J connectivity index is 1.63. The van der Waals surface area contributed by atoms with Crippen LogP contribution in [0.3, 0.4) is 0 Å². The summed E-state index contributed by atoms with van der Waals surface area (Å²) >= 11 is 1.19. The maximum absolute atomic E-state index is 12.5. The van der Waals surface area contributed by atoms with Crippen LogP contribution in [0.25, 0.3) is 11.1 Å². The van der Waals surface area contributed by atoms with Crippen molar-refractivity contribution in [3.63, 3.8) is 0 Å². The molecule has 0 aliphatic heterocycles. The SMILES string of the molecule is CCc1ccc(CN(C)C(=O)CSc2nc3cc(S(=O)(=O)N(C)C)ccc3o2)cc1. The minimum Gasteiger partial charge on any atom is -0.431 e. The molecule has 0 spiro atoms. The number of aromatic nitrogens is 1. The normalized spacial score (nSPS) is 11.9. The number of benzene rings is 2. The molecule has 1 aromatic heterocycles. The lowest BCUT2D eigenvalue weighted by molar-refractivity contribution is -0.127. The van der Waals surface area contributed by atoms with Gasteiger partial charge >= 0.3 is 0 Å². The average molecular weight is 448 g/mol. The molecular weight excluding hydrogens is 422 g/mol. The maximum Gasteiger partial charge on any atom is 0.257 e. The molecule has 0 bridgehead atoms. The van der Waals surface area contributed by atoms with Gasteiger partial charge in [0, 0.05) is 27.7 Å². The molecule has 2 aromatic carbocycles. The van der Waals surface area contributed by atoms with E-state index in [1.54, 1.807) is 18.0 Å². The quantitative estimate of drug-likeness (QED) is 0.492. The number of thioether (sulfide) groups is 1. The van der Waals surface area contributed by atoms with E-state index in [-0.39, 0.29) is 16.6 Å². The van der Waals surface area contributed by atoms with E-state index in [1.807, 2.05) is 12.1 Å². The minimum absolute atomic E-state index is 0.0438. The molecule has 1 amide bonds. The van der Waals surface area contributed by atoms with E-state index in [4.69, 9.17) is 4.42 Å². The first-order valence-corrected chi connectivity index (χ1v) is 11.9. The Kier molecular flexibility index (Phi) is 6.84. The lowest BCUT2D eigenvalue weighted by Gasteiger charge is -2.16. The predicted octanol–water partition coefficient (Wildman–Crippen LogP) is 3.39. The fourth-order valence-electron chi connectivity index (χ4n) is 2.80. The molecule has 0 N–H and O–H groups in total. The molecule has 0 aliphatic rings. The van der Waals surface area contributed by atoms with Crippen LogP contribution in [0, 0.1) is 0 Å². The van der Waals surface area contributed by atoms with Gasteiger partial charge in [0.1, 0.15) is 5.52 Å². The van der Waals surface area contributed by atoms with Gasteiger partial charge in [-0.05, 0) is 35.7 Å². The number of hydrogen-bond donors (Lipinski definition) is 0.